The standard InChI is InChI=1S/C10H15NO2S/c1-4-8-6-14-9(11-8)7(3)10(12)13-5-2/h6-7H,4-5H2,1-3H3/t7-/m0/s1. The van der Waals surface area contributed by atoms with E-state index in [4.69, 9.17) is 4.74 Å². The van der Waals surface area contributed by atoms with Crippen molar-refractivity contribution in [1.82, 2.24) is 4.98 Å². The minimum Gasteiger partial charge on any atom is -0.465 e. The van der Waals surface area contributed by atoms with E-state index in [-0.39, 0.29) is 11.9 Å². The number of carbonyl (C=O) groups excluding carboxylic acids is 1. The van der Waals surface area contributed by atoms with E-state index >= 15 is 0 Å². The first-order chi connectivity index (χ1) is 6.69. The first-order valence-corrected chi connectivity index (χ1v) is 5.67. The van der Waals surface area contributed by atoms with Gasteiger partial charge in [0.1, 0.15) is 10.9 Å². The number of hydrogen-bond donors (Lipinski definition) is 0. The van der Waals surface area contributed by atoms with Crippen LogP contribution in [0.25, 0.3) is 0 Å². The molecule has 3 nitrogen and oxygen atoms in total. The molecule has 0 aliphatic rings. The molecule has 1 heterocycles. The van der Waals surface area contributed by atoms with Gasteiger partial charge in [-0.25, -0.2) is 4.98 Å². The highest BCUT2D eigenvalue weighted by atomic mass is 32.1. The predicted molar refractivity (Wildman–Crippen MR) is 56.5 cm³/mol. The summed E-state index contributed by atoms with van der Waals surface area (Å²) >= 11 is 1.52. The average molecular weight is 213 g/mol. The number of thiazole rings is 1. The Balaban J connectivity index is 2.68. The van der Waals surface area contributed by atoms with Gasteiger partial charge in [0.15, 0.2) is 0 Å². The largest absolute Gasteiger partial charge is 0.465 e. The maximum absolute atomic E-state index is 11.4. The first-order valence-electron chi connectivity index (χ1n) is 4.80. The van der Waals surface area contributed by atoms with E-state index in [1.165, 1.54) is 11.3 Å². The second-order valence-corrected chi connectivity index (χ2v) is 3.89. The zero-order valence-electron chi connectivity index (χ0n) is 8.74. The second kappa shape index (κ2) is 5.10. The summed E-state index contributed by atoms with van der Waals surface area (Å²) in [6, 6.07) is 0. The summed E-state index contributed by atoms with van der Waals surface area (Å²) in [5, 5.41) is 2.84. The molecular formula is C10H15NO2S. The molecule has 1 aromatic rings. The topological polar surface area (TPSA) is 39.2 Å². The van der Waals surface area contributed by atoms with Crippen molar-refractivity contribution < 1.29 is 9.53 Å². The van der Waals surface area contributed by atoms with E-state index in [9.17, 15) is 4.79 Å². The lowest BCUT2D eigenvalue weighted by molar-refractivity contribution is -0.144. The van der Waals surface area contributed by atoms with Crippen molar-refractivity contribution in [3.05, 3.63) is 16.1 Å². The van der Waals surface area contributed by atoms with Crippen molar-refractivity contribution in [2.75, 3.05) is 6.61 Å². The minimum absolute atomic E-state index is 0.190. The third-order valence-electron chi connectivity index (χ3n) is 1.94. The number of aromatic nitrogens is 1. The van der Waals surface area contributed by atoms with Crippen LogP contribution >= 0.6 is 11.3 Å². The van der Waals surface area contributed by atoms with E-state index in [0.717, 1.165) is 17.1 Å². The van der Waals surface area contributed by atoms with Crippen LogP contribution in [0.3, 0.4) is 0 Å². The highest BCUT2D eigenvalue weighted by molar-refractivity contribution is 7.09. The molecule has 0 aromatic carbocycles. The fourth-order valence-electron chi connectivity index (χ4n) is 1.05. The number of carbonyl (C=O) groups is 1. The molecular weight excluding hydrogens is 198 g/mol. The van der Waals surface area contributed by atoms with E-state index in [1.54, 1.807) is 0 Å². The molecule has 0 aliphatic heterocycles. The lowest BCUT2D eigenvalue weighted by Gasteiger charge is -2.06. The molecule has 0 amide bonds. The molecule has 1 aromatic heterocycles. The number of rotatable bonds is 4. The van der Waals surface area contributed by atoms with Crippen LogP contribution in [0.2, 0.25) is 0 Å². The Bertz CT molecular complexity index is 309. The molecule has 78 valence electrons. The lowest BCUT2D eigenvalue weighted by atomic mass is 10.2. The van der Waals surface area contributed by atoms with Gasteiger partial charge in [-0.05, 0) is 20.3 Å². The van der Waals surface area contributed by atoms with Crippen LogP contribution in [0.4, 0.5) is 0 Å². The molecule has 0 unspecified atom stereocenters. The van der Waals surface area contributed by atoms with Crippen LogP contribution in [-0.4, -0.2) is 17.6 Å². The molecule has 0 spiro atoms. The van der Waals surface area contributed by atoms with Crippen LogP contribution in [0.1, 0.15) is 37.4 Å². The van der Waals surface area contributed by atoms with Gasteiger partial charge in [-0.3, -0.25) is 4.79 Å². The summed E-state index contributed by atoms with van der Waals surface area (Å²) in [5.41, 5.74) is 1.04. The van der Waals surface area contributed by atoms with Gasteiger partial charge in [0.2, 0.25) is 0 Å². The van der Waals surface area contributed by atoms with Gasteiger partial charge in [-0.15, -0.1) is 11.3 Å². The van der Waals surface area contributed by atoms with Gasteiger partial charge in [-0.2, -0.15) is 0 Å². The Hall–Kier alpha value is -0.900. The first kappa shape index (κ1) is 11.2. The Morgan fingerprint density at radius 1 is 1.64 bits per heavy atom. The van der Waals surface area contributed by atoms with Gasteiger partial charge in [-0.1, -0.05) is 6.92 Å². The molecule has 14 heavy (non-hydrogen) atoms. The fraction of sp³-hybridized carbons (Fsp3) is 0.600. The molecule has 1 rings (SSSR count). The molecule has 4 heteroatoms. The quantitative estimate of drug-likeness (QED) is 0.721. The predicted octanol–water partition coefficient (Wildman–Crippen LogP) is 2.37. The van der Waals surface area contributed by atoms with Crippen molar-refractivity contribution in [3.8, 4) is 0 Å². The van der Waals surface area contributed by atoms with Gasteiger partial charge in [0.25, 0.3) is 0 Å². The van der Waals surface area contributed by atoms with Gasteiger partial charge >= 0.3 is 5.97 Å². The zero-order chi connectivity index (χ0) is 10.6. The Labute approximate surface area is 88.1 Å². The van der Waals surface area contributed by atoms with Crippen molar-refractivity contribution in [2.24, 2.45) is 0 Å². The summed E-state index contributed by atoms with van der Waals surface area (Å²) in [6.07, 6.45) is 0.909. The molecule has 0 radical (unpaired) electrons. The van der Waals surface area contributed by atoms with E-state index in [0.29, 0.717) is 6.61 Å². The Morgan fingerprint density at radius 3 is 2.86 bits per heavy atom. The smallest absolute Gasteiger partial charge is 0.315 e. The zero-order valence-corrected chi connectivity index (χ0v) is 9.56. The molecule has 0 saturated heterocycles. The summed E-state index contributed by atoms with van der Waals surface area (Å²) in [5.74, 6) is -0.426. The fourth-order valence-corrected chi connectivity index (χ4v) is 2.00. The highest BCUT2D eigenvalue weighted by Crippen LogP contribution is 2.21. The van der Waals surface area contributed by atoms with Crippen LogP contribution in [0, 0.1) is 0 Å². The molecule has 0 bridgehead atoms. The highest BCUT2D eigenvalue weighted by Gasteiger charge is 2.19. The van der Waals surface area contributed by atoms with Crippen molar-refractivity contribution >= 4 is 17.3 Å². The second-order valence-electron chi connectivity index (χ2n) is 3.00. The van der Waals surface area contributed by atoms with Crippen molar-refractivity contribution in [2.45, 2.75) is 33.1 Å². The van der Waals surface area contributed by atoms with Crippen LogP contribution < -0.4 is 0 Å². The maximum atomic E-state index is 11.4. The van der Waals surface area contributed by atoms with Crippen LogP contribution in [0.5, 0.6) is 0 Å². The van der Waals surface area contributed by atoms with E-state index in [2.05, 4.69) is 4.98 Å². The number of nitrogens with zero attached hydrogens (tertiary/aromatic N) is 1. The van der Waals surface area contributed by atoms with Crippen LogP contribution in [-0.2, 0) is 16.0 Å². The molecule has 0 aliphatic carbocycles. The molecule has 0 saturated carbocycles. The summed E-state index contributed by atoms with van der Waals surface area (Å²) in [7, 11) is 0. The van der Waals surface area contributed by atoms with Crippen molar-refractivity contribution in [1.29, 1.82) is 0 Å². The third-order valence-corrected chi connectivity index (χ3v) is 3.02. The number of esters is 1. The van der Waals surface area contributed by atoms with Crippen LogP contribution in [0.15, 0.2) is 5.38 Å². The summed E-state index contributed by atoms with van der Waals surface area (Å²) in [6.45, 7) is 6.11. The number of ether oxygens (including phenoxy) is 1. The molecule has 0 fully saturated rings. The van der Waals surface area contributed by atoms with Crippen molar-refractivity contribution in [3.63, 3.8) is 0 Å². The van der Waals surface area contributed by atoms with Gasteiger partial charge in [0.05, 0.1) is 12.3 Å². The Morgan fingerprint density at radius 2 is 2.36 bits per heavy atom. The third kappa shape index (κ3) is 2.54. The summed E-state index contributed by atoms with van der Waals surface area (Å²) in [4.78, 5) is 15.7. The lowest BCUT2D eigenvalue weighted by Crippen LogP contribution is -2.12. The Kier molecular flexibility index (Phi) is 4.07. The molecule has 1 atom stereocenters. The minimum atomic E-state index is -0.236. The maximum Gasteiger partial charge on any atom is 0.315 e. The normalized spacial score (nSPS) is 12.5. The van der Waals surface area contributed by atoms with Gasteiger partial charge < -0.3 is 4.74 Å². The van der Waals surface area contributed by atoms with E-state index < -0.39 is 0 Å². The number of aryl methyl sites for hydroxylation is 1. The van der Waals surface area contributed by atoms with Gasteiger partial charge in [0, 0.05) is 5.38 Å². The number of hydrogen-bond acceptors (Lipinski definition) is 4. The summed E-state index contributed by atoms with van der Waals surface area (Å²) < 4.78 is 4.93. The van der Waals surface area contributed by atoms with E-state index in [1.807, 2.05) is 26.2 Å². The average Bonchev–Trinajstić information content (AvgIpc) is 2.65. The molecule has 0 N–H and O–H groups in total. The SMILES string of the molecule is CCOC(=O)[C@@H](C)c1nc(CC)cs1. The monoisotopic (exact) mass is 213 g/mol.